The minimum atomic E-state index is -4.44. The van der Waals surface area contributed by atoms with E-state index in [2.05, 4.69) is 20.8 Å². The van der Waals surface area contributed by atoms with Crippen molar-refractivity contribution in [2.75, 3.05) is 20.2 Å². The van der Waals surface area contributed by atoms with Gasteiger partial charge in [0.1, 0.15) is 10.8 Å². The fourth-order valence-corrected chi connectivity index (χ4v) is 6.75. The van der Waals surface area contributed by atoms with Gasteiger partial charge in [0.2, 0.25) is 0 Å². The molecule has 1 aliphatic rings. The van der Waals surface area contributed by atoms with Crippen LogP contribution in [0, 0.1) is 11.8 Å². The van der Waals surface area contributed by atoms with Crippen LogP contribution in [0.5, 0.6) is 5.75 Å². The summed E-state index contributed by atoms with van der Waals surface area (Å²) in [6, 6.07) is 12.1. The number of ether oxygens (including phenoxy) is 1. The molecule has 6 nitrogen and oxygen atoms in total. The molecule has 0 unspecified atom stereocenters. The Hall–Kier alpha value is -3.92. The van der Waals surface area contributed by atoms with Crippen molar-refractivity contribution in [2.24, 2.45) is 11.8 Å². The van der Waals surface area contributed by atoms with E-state index in [1.54, 1.807) is 23.1 Å². The lowest BCUT2D eigenvalue weighted by atomic mass is 9.96. The van der Waals surface area contributed by atoms with Gasteiger partial charge in [0.25, 0.3) is 11.5 Å². The molecule has 2 aromatic heterocycles. The quantitative estimate of drug-likeness (QED) is 0.195. The molecule has 0 radical (unpaired) electrons. The number of halogens is 3. The van der Waals surface area contributed by atoms with Crippen LogP contribution in [0.3, 0.4) is 0 Å². The first-order valence-electron chi connectivity index (χ1n) is 15.3. The predicted molar refractivity (Wildman–Crippen MR) is 172 cm³/mol. The highest BCUT2D eigenvalue weighted by Gasteiger charge is 2.31. The Labute approximate surface area is 265 Å². The smallest absolute Gasteiger partial charge is 0.416 e. The van der Waals surface area contributed by atoms with Crippen LogP contribution in [0.25, 0.3) is 27.5 Å². The monoisotopic (exact) mass is 637 g/mol. The van der Waals surface area contributed by atoms with E-state index in [1.165, 1.54) is 23.5 Å². The number of carbonyl (C=O) groups is 1. The number of methoxy groups -OCH3 is 1. The molecular weight excluding hydrogens is 599 g/mol. The summed E-state index contributed by atoms with van der Waals surface area (Å²) in [5.74, 6) is 0.992. The van der Waals surface area contributed by atoms with Crippen molar-refractivity contribution >= 4 is 17.2 Å². The van der Waals surface area contributed by atoms with Crippen molar-refractivity contribution in [3.05, 3.63) is 86.6 Å². The van der Waals surface area contributed by atoms with E-state index in [0.717, 1.165) is 30.5 Å². The number of thiazole rings is 1. The van der Waals surface area contributed by atoms with Crippen molar-refractivity contribution in [1.29, 1.82) is 0 Å². The summed E-state index contributed by atoms with van der Waals surface area (Å²) in [4.78, 5) is 35.5. The largest absolute Gasteiger partial charge is 0.497 e. The second-order valence-corrected chi connectivity index (χ2v) is 13.0. The first-order chi connectivity index (χ1) is 21.4. The number of pyridine rings is 1. The molecule has 0 spiro atoms. The molecule has 2 aromatic carbocycles. The first-order valence-corrected chi connectivity index (χ1v) is 16.2. The number of nitrogens with zero attached hydrogens (tertiary/aromatic N) is 3. The molecule has 5 rings (SSSR count). The van der Waals surface area contributed by atoms with Gasteiger partial charge in [-0.15, -0.1) is 11.3 Å². The highest BCUT2D eigenvalue weighted by atomic mass is 32.1. The minimum Gasteiger partial charge on any atom is -0.497 e. The number of rotatable bonds is 8. The van der Waals surface area contributed by atoms with Crippen LogP contribution in [-0.4, -0.2) is 40.6 Å². The van der Waals surface area contributed by atoms with Gasteiger partial charge in [-0.25, -0.2) is 4.98 Å². The van der Waals surface area contributed by atoms with Crippen molar-refractivity contribution < 1.29 is 22.7 Å². The second kappa shape index (κ2) is 13.2. The number of benzene rings is 2. The fraction of sp³-hybridized carbons (Fsp3) is 0.400. The Morgan fingerprint density at radius 3 is 2.49 bits per heavy atom. The Bertz CT molecular complexity index is 1740. The molecule has 0 N–H and O–H groups in total. The molecule has 0 saturated carbocycles. The summed E-state index contributed by atoms with van der Waals surface area (Å²) < 4.78 is 46.7. The van der Waals surface area contributed by atoms with Gasteiger partial charge in [-0.1, -0.05) is 45.9 Å². The van der Waals surface area contributed by atoms with Gasteiger partial charge in [0.15, 0.2) is 0 Å². The SMILES string of the molecule is CCc1ccc(OC)cc1-n1c(CC(C)C)c(C(=O)N2CCC[C@H](C)C2)cc(-c2nc(-c3ccc(C(F)(F)F)cc3)cs2)c1=O. The zero-order chi connectivity index (χ0) is 32.5. The lowest BCUT2D eigenvalue weighted by Crippen LogP contribution is -2.40. The molecule has 0 bridgehead atoms. The Morgan fingerprint density at radius 2 is 1.87 bits per heavy atom. The minimum absolute atomic E-state index is 0.118. The highest BCUT2D eigenvalue weighted by molar-refractivity contribution is 7.13. The summed E-state index contributed by atoms with van der Waals surface area (Å²) in [6.45, 7) is 9.56. The number of piperidine rings is 1. The number of carbonyl (C=O) groups excluding carboxylic acids is 1. The number of aromatic nitrogens is 2. The highest BCUT2D eigenvalue weighted by Crippen LogP contribution is 2.34. The fourth-order valence-electron chi connectivity index (χ4n) is 5.92. The molecule has 1 aliphatic heterocycles. The molecule has 1 fully saturated rings. The standard InChI is InChI=1S/C35H38F3N3O3S/c1-6-23-11-14-26(44-5)17-30(23)41-31(16-21(2)3)27(33(42)40-15-7-8-22(4)19-40)18-28(34(41)43)32-39-29(20-45-32)24-9-12-25(13-10-24)35(36,37)38/h9-14,17-18,20-22H,6-8,15-16,19H2,1-5H3/t22-/m0/s1. The van der Waals surface area contributed by atoms with Crippen molar-refractivity contribution in [3.63, 3.8) is 0 Å². The van der Waals surface area contributed by atoms with Crippen LogP contribution in [0.2, 0.25) is 0 Å². The molecule has 10 heteroatoms. The first kappa shape index (κ1) is 32.5. The summed E-state index contributed by atoms with van der Waals surface area (Å²) in [7, 11) is 1.57. The molecule has 4 aromatic rings. The third-order valence-corrected chi connectivity index (χ3v) is 9.11. The van der Waals surface area contributed by atoms with Gasteiger partial charge in [0.05, 0.1) is 35.2 Å². The van der Waals surface area contributed by atoms with Crippen molar-refractivity contribution in [3.8, 4) is 33.3 Å². The van der Waals surface area contributed by atoms with Crippen LogP contribution >= 0.6 is 11.3 Å². The van der Waals surface area contributed by atoms with Gasteiger partial charge in [-0.3, -0.25) is 14.2 Å². The van der Waals surface area contributed by atoms with E-state index in [9.17, 15) is 22.8 Å². The van der Waals surface area contributed by atoms with E-state index >= 15 is 0 Å². The number of hydrogen-bond acceptors (Lipinski definition) is 5. The van der Waals surface area contributed by atoms with Gasteiger partial charge in [-0.05, 0) is 67.3 Å². The predicted octanol–water partition coefficient (Wildman–Crippen LogP) is 8.29. The maximum Gasteiger partial charge on any atom is 0.416 e. The van der Waals surface area contributed by atoms with Crippen LogP contribution in [-0.2, 0) is 19.0 Å². The summed E-state index contributed by atoms with van der Waals surface area (Å²) in [5, 5.41) is 2.11. The van der Waals surface area contributed by atoms with Gasteiger partial charge in [0, 0.05) is 35.8 Å². The number of amides is 1. The molecule has 1 saturated heterocycles. The van der Waals surface area contributed by atoms with Gasteiger partial charge in [-0.2, -0.15) is 13.2 Å². The third kappa shape index (κ3) is 6.85. The van der Waals surface area contributed by atoms with Crippen molar-refractivity contribution in [2.45, 2.75) is 59.6 Å². The van der Waals surface area contributed by atoms with E-state index in [-0.39, 0.29) is 22.9 Å². The second-order valence-electron chi connectivity index (χ2n) is 12.1. The summed E-state index contributed by atoms with van der Waals surface area (Å²) in [6.07, 6.45) is -1.32. The summed E-state index contributed by atoms with van der Waals surface area (Å²) in [5.41, 5.74) is 2.85. The normalized spacial score (nSPS) is 15.5. The molecule has 0 aliphatic carbocycles. The van der Waals surface area contributed by atoms with Crippen molar-refractivity contribution in [1.82, 2.24) is 14.5 Å². The molecule has 45 heavy (non-hydrogen) atoms. The molecule has 1 amide bonds. The Kier molecular flexibility index (Phi) is 9.53. The van der Waals surface area contributed by atoms with Gasteiger partial charge < -0.3 is 9.64 Å². The third-order valence-electron chi connectivity index (χ3n) is 8.24. The lowest BCUT2D eigenvalue weighted by Gasteiger charge is -2.32. The molecular formula is C35H38F3N3O3S. The Morgan fingerprint density at radius 1 is 1.13 bits per heavy atom. The van der Waals surface area contributed by atoms with Crippen LogP contribution in [0.4, 0.5) is 13.2 Å². The molecule has 1 atom stereocenters. The van der Waals surface area contributed by atoms with Crippen LogP contribution in [0.15, 0.2) is 58.7 Å². The average Bonchev–Trinajstić information content (AvgIpc) is 3.50. The molecule has 238 valence electrons. The topological polar surface area (TPSA) is 64.4 Å². The maximum atomic E-state index is 14.6. The van der Waals surface area contributed by atoms with E-state index in [0.29, 0.717) is 70.8 Å². The lowest BCUT2D eigenvalue weighted by molar-refractivity contribution is -0.137. The van der Waals surface area contributed by atoms with Crippen LogP contribution < -0.4 is 10.3 Å². The van der Waals surface area contributed by atoms with Crippen LogP contribution in [0.1, 0.15) is 67.7 Å². The number of alkyl halides is 3. The maximum absolute atomic E-state index is 14.6. The molecule has 3 heterocycles. The van der Waals surface area contributed by atoms with E-state index in [1.807, 2.05) is 30.0 Å². The number of likely N-dealkylation sites (tertiary alicyclic amines) is 1. The average molecular weight is 638 g/mol. The van der Waals surface area contributed by atoms with E-state index in [4.69, 9.17) is 9.72 Å². The Balaban J connectivity index is 1.74. The number of hydrogen-bond donors (Lipinski definition) is 0. The summed E-state index contributed by atoms with van der Waals surface area (Å²) >= 11 is 1.22. The van der Waals surface area contributed by atoms with E-state index < -0.39 is 11.7 Å². The zero-order valence-corrected chi connectivity index (χ0v) is 27.0. The number of aryl methyl sites for hydroxylation is 1. The van der Waals surface area contributed by atoms with Gasteiger partial charge >= 0.3 is 6.18 Å². The zero-order valence-electron chi connectivity index (χ0n) is 26.2.